The van der Waals surface area contributed by atoms with Crippen LogP contribution in [-0.2, 0) is 0 Å². The Morgan fingerprint density at radius 2 is 1.86 bits per heavy atom. The van der Waals surface area contributed by atoms with Gasteiger partial charge < -0.3 is 5.73 Å². The van der Waals surface area contributed by atoms with Crippen molar-refractivity contribution in [1.29, 1.82) is 0 Å². The molecule has 0 aliphatic rings. The van der Waals surface area contributed by atoms with E-state index in [-0.39, 0.29) is 11.4 Å². The fraction of sp³-hybridized carbons (Fsp3) is 0. The summed E-state index contributed by atoms with van der Waals surface area (Å²) in [5.74, 6) is -0.846. The zero-order valence-corrected chi connectivity index (χ0v) is 12.1. The van der Waals surface area contributed by atoms with Gasteiger partial charge in [0.2, 0.25) is 0 Å². The largest absolute Gasteiger partial charge is 0.399 e. The highest BCUT2D eigenvalue weighted by atomic mass is 79.9. The van der Waals surface area contributed by atoms with Crippen LogP contribution in [0.1, 0.15) is 0 Å². The third kappa shape index (κ3) is 2.49. The van der Waals surface area contributed by atoms with Crippen molar-refractivity contribution < 1.29 is 8.78 Å². The second-order valence-electron chi connectivity index (χ2n) is 4.25. The van der Waals surface area contributed by atoms with Gasteiger partial charge in [-0.05, 0) is 56.7 Å². The van der Waals surface area contributed by atoms with Crippen LogP contribution in [0, 0.1) is 11.6 Å². The monoisotopic (exact) mass is 351 g/mol. The van der Waals surface area contributed by atoms with Crippen molar-refractivity contribution in [3.8, 4) is 17.1 Å². The Hall–Kier alpha value is -2.35. The Bertz CT molecular complexity index is 818. The molecule has 5 nitrogen and oxygen atoms in total. The highest BCUT2D eigenvalue weighted by Gasteiger charge is 2.16. The average molecular weight is 352 g/mol. The van der Waals surface area contributed by atoms with Crippen molar-refractivity contribution in [2.75, 3.05) is 5.73 Å². The van der Waals surface area contributed by atoms with E-state index in [0.29, 0.717) is 15.8 Å². The molecule has 3 rings (SSSR count). The number of rotatable bonds is 2. The molecule has 0 fully saturated rings. The summed E-state index contributed by atoms with van der Waals surface area (Å²) >= 11 is 3.06. The fourth-order valence-electron chi connectivity index (χ4n) is 1.86. The van der Waals surface area contributed by atoms with Crippen LogP contribution in [0.3, 0.4) is 0 Å². The lowest BCUT2D eigenvalue weighted by Crippen LogP contribution is -2.02. The highest BCUT2D eigenvalue weighted by molar-refractivity contribution is 9.10. The number of halogens is 3. The summed E-state index contributed by atoms with van der Waals surface area (Å²) in [6, 6.07) is 8.46. The first-order chi connectivity index (χ1) is 10.1. The van der Waals surface area contributed by atoms with E-state index in [4.69, 9.17) is 5.73 Å². The second kappa shape index (κ2) is 5.21. The normalized spacial score (nSPS) is 10.8. The van der Waals surface area contributed by atoms with Crippen molar-refractivity contribution in [3.63, 3.8) is 0 Å². The van der Waals surface area contributed by atoms with Gasteiger partial charge >= 0.3 is 0 Å². The average Bonchev–Trinajstić information content (AvgIpc) is 2.93. The minimum Gasteiger partial charge on any atom is -0.399 e. The molecule has 0 saturated carbocycles. The quantitative estimate of drug-likeness (QED) is 0.720. The van der Waals surface area contributed by atoms with Crippen molar-refractivity contribution in [2.24, 2.45) is 0 Å². The summed E-state index contributed by atoms with van der Waals surface area (Å²) < 4.78 is 29.1. The second-order valence-corrected chi connectivity index (χ2v) is 5.11. The molecule has 0 aliphatic carbocycles. The van der Waals surface area contributed by atoms with Crippen molar-refractivity contribution in [3.05, 3.63) is 52.5 Å². The molecule has 3 aromatic rings. The summed E-state index contributed by atoms with van der Waals surface area (Å²) in [7, 11) is 0. The van der Waals surface area contributed by atoms with Crippen LogP contribution in [0.5, 0.6) is 0 Å². The van der Waals surface area contributed by atoms with E-state index in [0.717, 1.165) is 0 Å². The van der Waals surface area contributed by atoms with Gasteiger partial charge in [0.1, 0.15) is 11.6 Å². The first kappa shape index (κ1) is 13.6. The van der Waals surface area contributed by atoms with Crippen LogP contribution in [-0.4, -0.2) is 20.2 Å². The molecular weight excluding hydrogens is 344 g/mol. The number of aromatic nitrogens is 4. The number of hydrogen-bond acceptors (Lipinski definition) is 4. The van der Waals surface area contributed by atoms with E-state index >= 15 is 0 Å². The van der Waals surface area contributed by atoms with Crippen LogP contribution in [0.15, 0.2) is 40.9 Å². The SMILES string of the molecule is Nc1ccc(F)c(-c2nnnn2-c2ccc(Br)c(F)c2)c1. The molecule has 0 spiro atoms. The summed E-state index contributed by atoms with van der Waals surface area (Å²) in [5, 5.41) is 11.1. The lowest BCUT2D eigenvalue weighted by atomic mass is 10.1. The molecule has 0 saturated heterocycles. The maximum atomic E-state index is 13.9. The van der Waals surface area contributed by atoms with Gasteiger partial charge in [0.15, 0.2) is 5.82 Å². The molecule has 106 valence electrons. The van der Waals surface area contributed by atoms with Gasteiger partial charge in [0.25, 0.3) is 0 Å². The lowest BCUT2D eigenvalue weighted by Gasteiger charge is -2.07. The van der Waals surface area contributed by atoms with Crippen LogP contribution in [0.2, 0.25) is 0 Å². The molecule has 1 heterocycles. The molecule has 0 unspecified atom stereocenters. The minimum atomic E-state index is -0.516. The number of nitrogens with two attached hydrogens (primary N) is 1. The van der Waals surface area contributed by atoms with Gasteiger partial charge in [-0.25, -0.2) is 8.78 Å². The van der Waals surface area contributed by atoms with E-state index in [1.54, 1.807) is 6.07 Å². The number of nitrogens with zero attached hydrogens (tertiary/aromatic N) is 4. The molecule has 2 aromatic carbocycles. The van der Waals surface area contributed by atoms with E-state index in [1.807, 2.05) is 0 Å². The predicted octanol–water partition coefficient (Wildman–Crippen LogP) is 2.95. The summed E-state index contributed by atoms with van der Waals surface area (Å²) in [6.45, 7) is 0. The molecule has 0 aliphatic heterocycles. The number of anilines is 1. The van der Waals surface area contributed by atoms with Crippen LogP contribution >= 0.6 is 15.9 Å². The minimum absolute atomic E-state index is 0.140. The highest BCUT2D eigenvalue weighted by Crippen LogP contribution is 2.26. The van der Waals surface area contributed by atoms with E-state index in [1.165, 1.54) is 35.0 Å². The van der Waals surface area contributed by atoms with Gasteiger partial charge in [-0.15, -0.1) is 5.10 Å². The topological polar surface area (TPSA) is 69.6 Å². The van der Waals surface area contributed by atoms with Crippen LogP contribution < -0.4 is 5.73 Å². The molecule has 0 radical (unpaired) electrons. The zero-order chi connectivity index (χ0) is 15.0. The Labute approximate surface area is 126 Å². The molecule has 2 N–H and O–H groups in total. The number of hydrogen-bond donors (Lipinski definition) is 1. The van der Waals surface area contributed by atoms with E-state index in [9.17, 15) is 8.78 Å². The summed E-state index contributed by atoms with van der Waals surface area (Å²) in [4.78, 5) is 0. The molecule has 0 bridgehead atoms. The maximum Gasteiger partial charge on any atom is 0.190 e. The molecule has 21 heavy (non-hydrogen) atoms. The van der Waals surface area contributed by atoms with Crippen LogP contribution in [0.25, 0.3) is 17.1 Å². The Morgan fingerprint density at radius 3 is 2.62 bits per heavy atom. The predicted molar refractivity (Wildman–Crippen MR) is 76.6 cm³/mol. The first-order valence-electron chi connectivity index (χ1n) is 5.85. The van der Waals surface area contributed by atoms with Gasteiger partial charge in [0, 0.05) is 11.8 Å². The van der Waals surface area contributed by atoms with Crippen molar-refractivity contribution in [1.82, 2.24) is 20.2 Å². The Kier molecular flexibility index (Phi) is 3.38. The van der Waals surface area contributed by atoms with Gasteiger partial charge in [-0.1, -0.05) is 0 Å². The smallest absolute Gasteiger partial charge is 0.190 e. The summed E-state index contributed by atoms with van der Waals surface area (Å²) in [6.07, 6.45) is 0. The van der Waals surface area contributed by atoms with Gasteiger partial charge in [-0.3, -0.25) is 0 Å². The van der Waals surface area contributed by atoms with Gasteiger partial charge in [0.05, 0.1) is 15.7 Å². The van der Waals surface area contributed by atoms with E-state index < -0.39 is 11.6 Å². The fourth-order valence-corrected chi connectivity index (χ4v) is 2.11. The molecule has 8 heteroatoms. The standard InChI is InChI=1S/C13H8BrF2N5/c14-10-3-2-8(6-12(10)16)21-13(18-19-20-21)9-5-7(17)1-4-11(9)15/h1-6H,17H2. The third-order valence-electron chi connectivity index (χ3n) is 2.85. The maximum absolute atomic E-state index is 13.9. The Balaban J connectivity index is 2.17. The van der Waals surface area contributed by atoms with Crippen molar-refractivity contribution in [2.45, 2.75) is 0 Å². The molecular formula is C13H8BrF2N5. The van der Waals surface area contributed by atoms with Gasteiger partial charge in [-0.2, -0.15) is 4.68 Å². The molecule has 1 aromatic heterocycles. The molecule has 0 atom stereocenters. The zero-order valence-electron chi connectivity index (χ0n) is 10.5. The number of nitrogen functional groups attached to an aromatic ring is 1. The first-order valence-corrected chi connectivity index (χ1v) is 6.65. The number of benzene rings is 2. The number of tetrazole rings is 1. The lowest BCUT2D eigenvalue weighted by molar-refractivity contribution is 0.617. The summed E-state index contributed by atoms with van der Waals surface area (Å²) in [5.41, 5.74) is 6.55. The van der Waals surface area contributed by atoms with E-state index in [2.05, 4.69) is 31.5 Å². The van der Waals surface area contributed by atoms with Crippen molar-refractivity contribution >= 4 is 21.6 Å². The third-order valence-corrected chi connectivity index (χ3v) is 3.49. The Morgan fingerprint density at radius 1 is 1.05 bits per heavy atom. The van der Waals surface area contributed by atoms with Crippen LogP contribution in [0.4, 0.5) is 14.5 Å². The molecule has 0 amide bonds.